The normalized spacial score (nSPS) is 25.8. The van der Waals surface area contributed by atoms with Gasteiger partial charge >= 0.3 is 5.97 Å². The molecule has 0 aromatic heterocycles. The number of anilines is 2. The molecule has 1 saturated carbocycles. The molecule has 0 N–H and O–H groups in total. The fourth-order valence-corrected chi connectivity index (χ4v) is 5.65. The molecule has 0 spiro atoms. The summed E-state index contributed by atoms with van der Waals surface area (Å²) in [4.78, 5) is 54.1. The summed E-state index contributed by atoms with van der Waals surface area (Å²) in [7, 11) is 1.50. The highest BCUT2D eigenvalue weighted by Crippen LogP contribution is 2.42. The minimum Gasteiger partial charge on any atom is -0.495 e. The van der Waals surface area contributed by atoms with Crippen molar-refractivity contribution in [2.24, 2.45) is 23.7 Å². The molecule has 36 heavy (non-hydrogen) atoms. The van der Waals surface area contributed by atoms with Gasteiger partial charge in [0.2, 0.25) is 17.7 Å². The maximum atomic E-state index is 12.9. The summed E-state index contributed by atoms with van der Waals surface area (Å²) in [6, 6.07) is 11.3. The van der Waals surface area contributed by atoms with Crippen molar-refractivity contribution in [3.8, 4) is 11.5 Å². The Balaban J connectivity index is 1.25. The predicted molar refractivity (Wildman–Crippen MR) is 133 cm³/mol. The summed E-state index contributed by atoms with van der Waals surface area (Å²) < 4.78 is 10.9. The number of benzene rings is 2. The van der Waals surface area contributed by atoms with Gasteiger partial charge in [-0.15, -0.1) is 0 Å². The van der Waals surface area contributed by atoms with Gasteiger partial charge in [0.25, 0.3) is 0 Å². The van der Waals surface area contributed by atoms with Crippen LogP contribution in [0.3, 0.4) is 0 Å². The van der Waals surface area contributed by atoms with Gasteiger partial charge in [-0.25, -0.2) is 0 Å². The summed E-state index contributed by atoms with van der Waals surface area (Å²) in [5.41, 5.74) is 0.978. The Morgan fingerprint density at radius 3 is 2.44 bits per heavy atom. The number of hydrogen-bond donors (Lipinski definition) is 0. The van der Waals surface area contributed by atoms with E-state index in [0.717, 1.165) is 19.3 Å². The van der Waals surface area contributed by atoms with Crippen LogP contribution in [0.1, 0.15) is 32.6 Å². The molecular weight excluding hydrogens is 484 g/mol. The average molecular weight is 511 g/mol. The Morgan fingerprint density at radius 2 is 1.72 bits per heavy atom. The first-order valence-electron chi connectivity index (χ1n) is 12.1. The number of carbonyl (C=O) groups excluding carboxylic acids is 4. The van der Waals surface area contributed by atoms with Crippen molar-refractivity contribution in [2.75, 3.05) is 23.5 Å². The summed E-state index contributed by atoms with van der Waals surface area (Å²) >= 11 is 6.10. The third-order valence-corrected chi connectivity index (χ3v) is 7.63. The number of hydrogen-bond acceptors (Lipinski definition) is 6. The van der Waals surface area contributed by atoms with Crippen molar-refractivity contribution in [3.05, 3.63) is 47.5 Å². The third kappa shape index (κ3) is 4.34. The standard InChI is InChI=1S/C27H27ClN2O6/c1-15-3-9-20-21(11-15)26(33)30(25(20)32)18-5-7-19(8-6-18)36-27(34)16-12-24(31)29(14-16)22-13-17(28)4-10-23(22)35-2/h4-8,10,13,15-16,20-21H,3,9,11-12,14H2,1-2H3/t15-,16+,20+,21-/m0/s1. The van der Waals surface area contributed by atoms with Gasteiger partial charge in [-0.1, -0.05) is 18.5 Å². The summed E-state index contributed by atoms with van der Waals surface area (Å²) in [5, 5.41) is 0.452. The highest BCUT2D eigenvalue weighted by molar-refractivity contribution is 6.31. The average Bonchev–Trinajstić information content (AvgIpc) is 3.36. The monoisotopic (exact) mass is 510 g/mol. The molecule has 0 radical (unpaired) electrons. The molecular formula is C27H27ClN2O6. The minimum atomic E-state index is -0.660. The van der Waals surface area contributed by atoms with E-state index in [9.17, 15) is 19.2 Å². The molecule has 3 aliphatic rings. The molecule has 4 atom stereocenters. The molecule has 188 valence electrons. The van der Waals surface area contributed by atoms with Gasteiger partial charge in [-0.3, -0.25) is 24.1 Å². The summed E-state index contributed by atoms with van der Waals surface area (Å²) in [5.74, 6) is -1.02. The van der Waals surface area contributed by atoms with Crippen LogP contribution in [0.4, 0.5) is 11.4 Å². The third-order valence-electron chi connectivity index (χ3n) is 7.39. The van der Waals surface area contributed by atoms with E-state index in [2.05, 4.69) is 6.92 Å². The molecule has 0 bridgehead atoms. The Bertz CT molecular complexity index is 1230. The zero-order valence-corrected chi connectivity index (χ0v) is 20.9. The van der Waals surface area contributed by atoms with Crippen molar-refractivity contribution in [3.63, 3.8) is 0 Å². The van der Waals surface area contributed by atoms with Crippen LogP contribution < -0.4 is 19.3 Å². The molecule has 0 unspecified atom stereocenters. The van der Waals surface area contributed by atoms with Crippen molar-refractivity contribution < 1.29 is 28.7 Å². The van der Waals surface area contributed by atoms with E-state index in [-0.39, 0.29) is 48.3 Å². The number of rotatable bonds is 5. The molecule has 5 rings (SSSR count). The highest BCUT2D eigenvalue weighted by Gasteiger charge is 2.50. The van der Waals surface area contributed by atoms with Crippen LogP contribution in [0.2, 0.25) is 5.02 Å². The van der Waals surface area contributed by atoms with Gasteiger partial charge in [-0.05, 0) is 67.6 Å². The molecule has 2 aromatic carbocycles. The Kier molecular flexibility index (Phi) is 6.47. The number of halogens is 1. The number of imide groups is 1. The second-order valence-corrected chi connectivity index (χ2v) is 10.2. The van der Waals surface area contributed by atoms with Crippen LogP contribution in [0, 0.1) is 23.7 Å². The Labute approximate surface area is 214 Å². The van der Waals surface area contributed by atoms with E-state index in [1.807, 2.05) is 0 Å². The lowest BCUT2D eigenvalue weighted by molar-refractivity contribution is -0.139. The molecule has 2 aromatic rings. The molecule has 2 saturated heterocycles. The van der Waals surface area contributed by atoms with Gasteiger partial charge in [-0.2, -0.15) is 0 Å². The van der Waals surface area contributed by atoms with Crippen molar-refractivity contribution >= 4 is 46.7 Å². The molecule has 9 heteroatoms. The van der Waals surface area contributed by atoms with E-state index < -0.39 is 11.9 Å². The zero-order chi connectivity index (χ0) is 25.6. The summed E-state index contributed by atoms with van der Waals surface area (Å²) in [6.45, 7) is 2.26. The maximum Gasteiger partial charge on any atom is 0.316 e. The van der Waals surface area contributed by atoms with Gasteiger partial charge in [0.05, 0.1) is 36.2 Å². The quantitative estimate of drug-likeness (QED) is 0.339. The number of amides is 3. The Morgan fingerprint density at radius 1 is 1.00 bits per heavy atom. The number of methoxy groups -OCH3 is 1. The smallest absolute Gasteiger partial charge is 0.316 e. The van der Waals surface area contributed by atoms with Gasteiger partial charge in [0, 0.05) is 18.0 Å². The molecule has 3 amide bonds. The lowest BCUT2D eigenvalue weighted by Crippen LogP contribution is -2.30. The molecule has 3 fully saturated rings. The van der Waals surface area contributed by atoms with E-state index in [4.69, 9.17) is 21.1 Å². The minimum absolute atomic E-state index is 0.00453. The topological polar surface area (TPSA) is 93.2 Å². The summed E-state index contributed by atoms with van der Waals surface area (Å²) in [6.07, 6.45) is 2.43. The fourth-order valence-electron chi connectivity index (χ4n) is 5.48. The van der Waals surface area contributed by atoms with Crippen LogP contribution in [0.5, 0.6) is 11.5 Å². The van der Waals surface area contributed by atoms with E-state index in [1.165, 1.54) is 16.9 Å². The fraction of sp³-hybridized carbons (Fsp3) is 0.407. The zero-order valence-electron chi connectivity index (χ0n) is 20.1. The van der Waals surface area contributed by atoms with Crippen LogP contribution in [-0.2, 0) is 19.2 Å². The molecule has 1 aliphatic carbocycles. The van der Waals surface area contributed by atoms with Crippen molar-refractivity contribution in [2.45, 2.75) is 32.6 Å². The van der Waals surface area contributed by atoms with E-state index in [1.54, 1.807) is 42.5 Å². The molecule has 2 aliphatic heterocycles. The van der Waals surface area contributed by atoms with Gasteiger partial charge in [0.15, 0.2) is 0 Å². The number of fused-ring (bicyclic) bond motifs is 1. The van der Waals surface area contributed by atoms with Crippen LogP contribution in [0.15, 0.2) is 42.5 Å². The maximum absolute atomic E-state index is 12.9. The second kappa shape index (κ2) is 9.58. The highest BCUT2D eigenvalue weighted by atomic mass is 35.5. The van der Waals surface area contributed by atoms with Crippen molar-refractivity contribution in [1.29, 1.82) is 0 Å². The molecule has 2 heterocycles. The number of nitrogens with zero attached hydrogens (tertiary/aromatic N) is 2. The number of ether oxygens (including phenoxy) is 2. The first kappa shape index (κ1) is 24.3. The number of esters is 1. The lowest BCUT2D eigenvalue weighted by Gasteiger charge is -2.25. The first-order chi connectivity index (χ1) is 17.3. The van der Waals surface area contributed by atoms with Crippen molar-refractivity contribution in [1.82, 2.24) is 0 Å². The second-order valence-electron chi connectivity index (χ2n) is 9.78. The van der Waals surface area contributed by atoms with E-state index >= 15 is 0 Å². The van der Waals surface area contributed by atoms with E-state index in [0.29, 0.717) is 28.1 Å². The lowest BCUT2D eigenvalue weighted by atomic mass is 9.76. The largest absolute Gasteiger partial charge is 0.495 e. The first-order valence-corrected chi connectivity index (χ1v) is 12.5. The Hall–Kier alpha value is -3.39. The van der Waals surface area contributed by atoms with Crippen LogP contribution in [-0.4, -0.2) is 37.3 Å². The van der Waals surface area contributed by atoms with Crippen LogP contribution in [0.25, 0.3) is 0 Å². The predicted octanol–water partition coefficient (Wildman–Crippen LogP) is 4.23. The SMILES string of the molecule is COc1ccc(Cl)cc1N1C[C@H](C(=O)Oc2ccc(N3C(=O)[C@H]4C[C@@H](C)CC[C@H]4C3=O)cc2)CC1=O. The van der Waals surface area contributed by atoms with Gasteiger partial charge in [0.1, 0.15) is 11.5 Å². The van der Waals surface area contributed by atoms with Crippen LogP contribution >= 0.6 is 11.6 Å². The van der Waals surface area contributed by atoms with Gasteiger partial charge < -0.3 is 14.4 Å². The molecule has 8 nitrogen and oxygen atoms in total. The number of carbonyl (C=O) groups is 4.